The van der Waals surface area contributed by atoms with Crippen molar-refractivity contribution in [2.75, 3.05) is 0 Å². The molecule has 1 fully saturated rings. The number of likely N-dealkylation sites (tertiary alicyclic amines) is 1. The molecule has 1 heterocycles. The number of rotatable bonds is 3. The molecule has 0 aromatic heterocycles. The van der Waals surface area contributed by atoms with Gasteiger partial charge in [-0.15, -0.1) is 0 Å². The Bertz CT molecular complexity index is 876. The molecule has 4 rings (SSSR count). The number of allylic oxidation sites excluding steroid dienone is 2. The molecule has 0 spiro atoms. The largest absolute Gasteiger partial charge is 0.329 e. The Morgan fingerprint density at radius 2 is 1.56 bits per heavy atom. The van der Waals surface area contributed by atoms with Crippen molar-refractivity contribution < 1.29 is 4.79 Å². The Hall–Kier alpha value is -2.61. The molecule has 2 heteroatoms. The number of fused-ring (bicyclic) bond motifs is 1. The highest BCUT2D eigenvalue weighted by Gasteiger charge is 2.59. The first-order valence-corrected chi connectivity index (χ1v) is 9.72. The summed E-state index contributed by atoms with van der Waals surface area (Å²) in [6, 6.07) is 20.9. The van der Waals surface area contributed by atoms with Gasteiger partial charge < -0.3 is 4.90 Å². The van der Waals surface area contributed by atoms with Crippen LogP contribution in [-0.2, 0) is 11.2 Å². The number of carbonyl (C=O) groups is 1. The molecular formula is C25H27NO. The fourth-order valence-electron chi connectivity index (χ4n) is 4.72. The van der Waals surface area contributed by atoms with Crippen molar-refractivity contribution in [3.63, 3.8) is 0 Å². The molecule has 27 heavy (non-hydrogen) atoms. The van der Waals surface area contributed by atoms with Gasteiger partial charge in [0.05, 0.1) is 11.5 Å². The van der Waals surface area contributed by atoms with Crippen molar-refractivity contribution in [2.45, 2.75) is 38.8 Å². The summed E-state index contributed by atoms with van der Waals surface area (Å²) in [6.07, 6.45) is 9.27. The minimum Gasteiger partial charge on any atom is -0.329 e. The zero-order valence-electron chi connectivity index (χ0n) is 16.3. The maximum absolute atomic E-state index is 13.9. The summed E-state index contributed by atoms with van der Waals surface area (Å²) >= 11 is 0. The maximum atomic E-state index is 13.9. The third-order valence-electron chi connectivity index (χ3n) is 5.86. The Kier molecular flexibility index (Phi) is 4.30. The molecule has 2 aliphatic rings. The third kappa shape index (κ3) is 2.93. The average Bonchev–Trinajstić information content (AvgIpc) is 2.92. The molecule has 1 amide bonds. The van der Waals surface area contributed by atoms with Gasteiger partial charge in [-0.3, -0.25) is 4.79 Å². The number of amides is 1. The van der Waals surface area contributed by atoms with E-state index in [1.165, 1.54) is 11.1 Å². The lowest BCUT2D eigenvalue weighted by Gasteiger charge is -2.38. The molecule has 0 saturated carbocycles. The van der Waals surface area contributed by atoms with Crippen LogP contribution in [-0.4, -0.2) is 16.3 Å². The van der Waals surface area contributed by atoms with E-state index in [4.69, 9.17) is 0 Å². The van der Waals surface area contributed by atoms with Crippen LogP contribution in [0.15, 0.2) is 85.0 Å². The Labute approximate surface area is 162 Å². The molecule has 1 saturated heterocycles. The SMILES string of the molecule is CC(C)(C)N1C(=O)[C@@]2(Cc3ccccc3)C=CC=C[C@H]2[C@@H]1c1ccccc1. The highest BCUT2D eigenvalue weighted by atomic mass is 16.2. The van der Waals surface area contributed by atoms with Crippen LogP contribution in [0.3, 0.4) is 0 Å². The topological polar surface area (TPSA) is 20.3 Å². The molecule has 2 aromatic carbocycles. The van der Waals surface area contributed by atoms with Crippen LogP contribution in [0.5, 0.6) is 0 Å². The van der Waals surface area contributed by atoms with Crippen LogP contribution in [0.1, 0.15) is 37.9 Å². The van der Waals surface area contributed by atoms with Crippen molar-refractivity contribution in [1.82, 2.24) is 4.90 Å². The van der Waals surface area contributed by atoms with Gasteiger partial charge in [0.15, 0.2) is 0 Å². The average molecular weight is 357 g/mol. The second kappa shape index (κ2) is 6.53. The van der Waals surface area contributed by atoms with Gasteiger partial charge in [-0.05, 0) is 38.3 Å². The first-order chi connectivity index (χ1) is 12.9. The zero-order valence-corrected chi connectivity index (χ0v) is 16.3. The fourth-order valence-corrected chi connectivity index (χ4v) is 4.72. The van der Waals surface area contributed by atoms with Crippen LogP contribution in [0.2, 0.25) is 0 Å². The van der Waals surface area contributed by atoms with Crippen molar-refractivity contribution >= 4 is 5.91 Å². The van der Waals surface area contributed by atoms with Gasteiger partial charge in [-0.2, -0.15) is 0 Å². The highest BCUT2D eigenvalue weighted by molar-refractivity contribution is 5.90. The predicted octanol–water partition coefficient (Wildman–Crippen LogP) is 5.34. The lowest BCUT2D eigenvalue weighted by Crippen LogP contribution is -2.46. The summed E-state index contributed by atoms with van der Waals surface area (Å²) in [5.74, 6) is 0.357. The van der Waals surface area contributed by atoms with Gasteiger partial charge in [0.2, 0.25) is 5.91 Å². The summed E-state index contributed by atoms with van der Waals surface area (Å²) in [5, 5.41) is 0. The lowest BCUT2D eigenvalue weighted by atomic mass is 9.68. The summed E-state index contributed by atoms with van der Waals surface area (Å²) in [6.45, 7) is 6.42. The third-order valence-corrected chi connectivity index (χ3v) is 5.86. The first-order valence-electron chi connectivity index (χ1n) is 9.72. The van der Waals surface area contributed by atoms with E-state index in [1.807, 2.05) is 18.2 Å². The van der Waals surface area contributed by atoms with Gasteiger partial charge in [-0.25, -0.2) is 0 Å². The number of carbonyl (C=O) groups excluding carboxylic acids is 1. The highest BCUT2D eigenvalue weighted by Crippen LogP contribution is 2.55. The fraction of sp³-hybridized carbons (Fsp3) is 0.320. The number of nitrogens with zero attached hydrogens (tertiary/aromatic N) is 1. The molecule has 2 nitrogen and oxygen atoms in total. The minimum atomic E-state index is -0.524. The van der Waals surface area contributed by atoms with Crippen molar-refractivity contribution in [3.05, 3.63) is 96.1 Å². The van der Waals surface area contributed by atoms with Gasteiger partial charge in [0, 0.05) is 11.5 Å². The zero-order chi connectivity index (χ0) is 19.1. The Morgan fingerprint density at radius 3 is 2.19 bits per heavy atom. The number of hydrogen-bond acceptors (Lipinski definition) is 1. The maximum Gasteiger partial charge on any atom is 0.234 e. The van der Waals surface area contributed by atoms with Crippen LogP contribution in [0.4, 0.5) is 0 Å². The van der Waals surface area contributed by atoms with Crippen LogP contribution in [0, 0.1) is 11.3 Å². The van der Waals surface area contributed by atoms with E-state index in [9.17, 15) is 4.79 Å². The summed E-state index contributed by atoms with van der Waals surface area (Å²) in [5.41, 5.74) is 1.64. The molecule has 1 aliphatic carbocycles. The second-order valence-electron chi connectivity index (χ2n) is 8.67. The molecule has 0 bridgehead atoms. The molecule has 138 valence electrons. The van der Waals surface area contributed by atoms with E-state index < -0.39 is 5.41 Å². The summed E-state index contributed by atoms with van der Waals surface area (Å²) in [7, 11) is 0. The Morgan fingerprint density at radius 1 is 0.926 bits per heavy atom. The molecular weight excluding hydrogens is 330 g/mol. The lowest BCUT2D eigenvalue weighted by molar-refractivity contribution is -0.139. The van der Waals surface area contributed by atoms with Crippen LogP contribution < -0.4 is 0 Å². The van der Waals surface area contributed by atoms with E-state index in [0.717, 1.165) is 6.42 Å². The molecule has 2 aromatic rings. The predicted molar refractivity (Wildman–Crippen MR) is 110 cm³/mol. The van der Waals surface area contributed by atoms with Crippen LogP contribution >= 0.6 is 0 Å². The Balaban J connectivity index is 1.86. The van der Waals surface area contributed by atoms with Crippen molar-refractivity contribution in [3.8, 4) is 0 Å². The van der Waals surface area contributed by atoms with Gasteiger partial charge in [-0.1, -0.05) is 85.0 Å². The van der Waals surface area contributed by atoms with E-state index in [1.54, 1.807) is 0 Å². The smallest absolute Gasteiger partial charge is 0.234 e. The number of benzene rings is 2. The standard InChI is InChI=1S/C25H27NO/c1-24(2,3)26-22(20-14-8-5-9-15-20)21-16-10-11-17-25(21,23(26)27)18-19-12-6-4-7-13-19/h4-17,21-22H,18H2,1-3H3/t21-,22-,25+/m0/s1. The van der Waals surface area contributed by atoms with Crippen molar-refractivity contribution in [1.29, 1.82) is 0 Å². The van der Waals surface area contributed by atoms with Gasteiger partial charge in [0.1, 0.15) is 0 Å². The molecule has 0 N–H and O–H groups in total. The van der Waals surface area contributed by atoms with E-state index in [-0.39, 0.29) is 23.4 Å². The van der Waals surface area contributed by atoms with E-state index in [2.05, 4.69) is 92.4 Å². The molecule has 3 atom stereocenters. The number of hydrogen-bond donors (Lipinski definition) is 0. The molecule has 1 aliphatic heterocycles. The quantitative estimate of drug-likeness (QED) is 0.726. The summed E-state index contributed by atoms with van der Waals surface area (Å²) < 4.78 is 0. The second-order valence-corrected chi connectivity index (χ2v) is 8.67. The van der Waals surface area contributed by atoms with Crippen molar-refractivity contribution in [2.24, 2.45) is 11.3 Å². The minimum absolute atomic E-state index is 0.0450. The van der Waals surface area contributed by atoms with Gasteiger partial charge >= 0.3 is 0 Å². The monoisotopic (exact) mass is 357 g/mol. The van der Waals surface area contributed by atoms with E-state index >= 15 is 0 Å². The summed E-state index contributed by atoms with van der Waals surface area (Å²) in [4.78, 5) is 16.1. The van der Waals surface area contributed by atoms with E-state index in [0.29, 0.717) is 0 Å². The molecule has 0 unspecified atom stereocenters. The van der Waals surface area contributed by atoms with Crippen LogP contribution in [0.25, 0.3) is 0 Å². The normalized spacial score (nSPS) is 27.1. The molecule has 0 radical (unpaired) electrons. The first kappa shape index (κ1) is 17.8. The van der Waals surface area contributed by atoms with Gasteiger partial charge in [0.25, 0.3) is 0 Å².